The van der Waals surface area contributed by atoms with Gasteiger partial charge in [-0.05, 0) is 6.92 Å². The SMILES string of the molecule is Cc1nccnc1CC(F)(F)C(=O)O. The van der Waals surface area contributed by atoms with E-state index in [4.69, 9.17) is 5.11 Å². The summed E-state index contributed by atoms with van der Waals surface area (Å²) in [6.07, 6.45) is 1.68. The van der Waals surface area contributed by atoms with E-state index in [1.54, 1.807) is 0 Å². The van der Waals surface area contributed by atoms with Crippen LogP contribution >= 0.6 is 0 Å². The van der Waals surface area contributed by atoms with Crippen LogP contribution in [0.4, 0.5) is 8.78 Å². The number of carboxylic acid groups (broad SMARTS) is 1. The molecule has 4 nitrogen and oxygen atoms in total. The van der Waals surface area contributed by atoms with Gasteiger partial charge < -0.3 is 5.11 Å². The summed E-state index contributed by atoms with van der Waals surface area (Å²) in [5.41, 5.74) is 0.313. The zero-order valence-corrected chi connectivity index (χ0v) is 7.37. The second-order valence-electron chi connectivity index (χ2n) is 2.77. The number of hydrogen-bond donors (Lipinski definition) is 1. The Morgan fingerprint density at radius 1 is 1.50 bits per heavy atom. The predicted molar refractivity (Wildman–Crippen MR) is 43.1 cm³/mol. The monoisotopic (exact) mass is 202 g/mol. The number of carboxylic acids is 1. The number of alkyl halides is 2. The number of rotatable bonds is 3. The molecule has 1 N–H and O–H groups in total. The van der Waals surface area contributed by atoms with Gasteiger partial charge in [-0.3, -0.25) is 9.97 Å². The van der Waals surface area contributed by atoms with Crippen molar-refractivity contribution in [3.05, 3.63) is 23.8 Å². The molecule has 0 spiro atoms. The fraction of sp³-hybridized carbons (Fsp3) is 0.375. The van der Waals surface area contributed by atoms with Crippen LogP contribution in [0.2, 0.25) is 0 Å². The summed E-state index contributed by atoms with van der Waals surface area (Å²) >= 11 is 0. The van der Waals surface area contributed by atoms with Crippen LogP contribution in [0.1, 0.15) is 11.4 Å². The highest BCUT2D eigenvalue weighted by Gasteiger charge is 2.39. The number of hydrogen-bond acceptors (Lipinski definition) is 3. The maximum Gasteiger partial charge on any atom is 0.374 e. The summed E-state index contributed by atoms with van der Waals surface area (Å²) in [4.78, 5) is 17.5. The van der Waals surface area contributed by atoms with Gasteiger partial charge in [0.15, 0.2) is 0 Å². The summed E-state index contributed by atoms with van der Waals surface area (Å²) in [5, 5.41) is 8.20. The summed E-state index contributed by atoms with van der Waals surface area (Å²) < 4.78 is 25.5. The van der Waals surface area contributed by atoms with Crippen molar-refractivity contribution < 1.29 is 18.7 Å². The summed E-state index contributed by atoms with van der Waals surface area (Å²) in [6.45, 7) is 1.50. The maximum atomic E-state index is 12.7. The lowest BCUT2D eigenvalue weighted by atomic mass is 10.1. The average molecular weight is 202 g/mol. The molecule has 0 unspecified atom stereocenters. The van der Waals surface area contributed by atoms with Gasteiger partial charge in [0.1, 0.15) is 0 Å². The molecule has 0 saturated heterocycles. The van der Waals surface area contributed by atoms with Gasteiger partial charge in [0.2, 0.25) is 0 Å². The zero-order chi connectivity index (χ0) is 10.8. The van der Waals surface area contributed by atoms with Crippen molar-refractivity contribution in [3.63, 3.8) is 0 Å². The first-order valence-corrected chi connectivity index (χ1v) is 3.81. The Labute approximate surface area is 78.6 Å². The van der Waals surface area contributed by atoms with Crippen LogP contribution in [0.25, 0.3) is 0 Å². The first-order valence-electron chi connectivity index (χ1n) is 3.81. The van der Waals surface area contributed by atoms with Crippen molar-refractivity contribution in [1.29, 1.82) is 0 Å². The molecule has 76 valence electrons. The van der Waals surface area contributed by atoms with Crippen LogP contribution in [0, 0.1) is 6.92 Å². The molecule has 0 aliphatic heterocycles. The molecule has 6 heteroatoms. The normalized spacial score (nSPS) is 11.4. The van der Waals surface area contributed by atoms with E-state index in [9.17, 15) is 13.6 Å². The average Bonchev–Trinajstić information content (AvgIpc) is 2.08. The Hall–Kier alpha value is -1.59. The molecule has 0 saturated carbocycles. The minimum Gasteiger partial charge on any atom is -0.477 e. The number of nitrogens with zero attached hydrogens (tertiary/aromatic N) is 2. The van der Waals surface area contributed by atoms with E-state index >= 15 is 0 Å². The van der Waals surface area contributed by atoms with Gasteiger partial charge in [0.05, 0.1) is 17.8 Å². The van der Waals surface area contributed by atoms with Crippen LogP contribution < -0.4 is 0 Å². The number of aryl methyl sites for hydroxylation is 1. The van der Waals surface area contributed by atoms with Crippen LogP contribution in [0.15, 0.2) is 12.4 Å². The Balaban J connectivity index is 2.89. The molecule has 1 heterocycles. The van der Waals surface area contributed by atoms with Gasteiger partial charge in [0.25, 0.3) is 0 Å². The quantitative estimate of drug-likeness (QED) is 0.795. The molecular weight excluding hydrogens is 194 g/mol. The number of halogens is 2. The van der Waals surface area contributed by atoms with Gasteiger partial charge in [-0.1, -0.05) is 0 Å². The Morgan fingerprint density at radius 2 is 2.07 bits per heavy atom. The van der Waals surface area contributed by atoms with Gasteiger partial charge in [-0.25, -0.2) is 4.79 Å². The zero-order valence-electron chi connectivity index (χ0n) is 7.37. The molecule has 14 heavy (non-hydrogen) atoms. The lowest BCUT2D eigenvalue weighted by Gasteiger charge is -2.10. The van der Waals surface area contributed by atoms with E-state index < -0.39 is 18.3 Å². The third-order valence-corrected chi connectivity index (χ3v) is 1.69. The molecule has 0 bridgehead atoms. The lowest BCUT2D eigenvalue weighted by Crippen LogP contribution is -2.31. The Kier molecular flexibility index (Phi) is 2.73. The second kappa shape index (κ2) is 3.65. The fourth-order valence-corrected chi connectivity index (χ4v) is 0.896. The second-order valence-corrected chi connectivity index (χ2v) is 2.77. The highest BCUT2D eigenvalue weighted by Crippen LogP contribution is 2.19. The first kappa shape index (κ1) is 10.5. The van der Waals surface area contributed by atoms with E-state index in [1.807, 2.05) is 0 Å². The summed E-state index contributed by atoms with van der Waals surface area (Å²) in [5.74, 6) is -5.94. The number of carbonyl (C=O) groups is 1. The molecule has 0 amide bonds. The van der Waals surface area contributed by atoms with Crippen molar-refractivity contribution in [3.8, 4) is 0 Å². The van der Waals surface area contributed by atoms with Crippen molar-refractivity contribution in [2.24, 2.45) is 0 Å². The standard InChI is InChI=1S/C8H8F2N2O2/c1-5-6(12-3-2-11-5)4-8(9,10)7(13)14/h2-3H,4H2,1H3,(H,13,14). The van der Waals surface area contributed by atoms with Gasteiger partial charge >= 0.3 is 11.9 Å². The molecule has 0 atom stereocenters. The molecule has 0 aromatic carbocycles. The van der Waals surface area contributed by atoms with Crippen LogP contribution in [-0.2, 0) is 11.2 Å². The van der Waals surface area contributed by atoms with Crippen LogP contribution in [0.5, 0.6) is 0 Å². The largest absolute Gasteiger partial charge is 0.477 e. The molecule has 1 aromatic heterocycles. The van der Waals surface area contributed by atoms with E-state index in [0.29, 0.717) is 5.69 Å². The Morgan fingerprint density at radius 3 is 2.57 bits per heavy atom. The van der Waals surface area contributed by atoms with E-state index in [2.05, 4.69) is 9.97 Å². The van der Waals surface area contributed by atoms with Crippen molar-refractivity contribution in [2.45, 2.75) is 19.3 Å². The fourth-order valence-electron chi connectivity index (χ4n) is 0.896. The first-order chi connectivity index (χ1) is 6.43. The highest BCUT2D eigenvalue weighted by atomic mass is 19.3. The van der Waals surface area contributed by atoms with Gasteiger partial charge in [-0.15, -0.1) is 0 Å². The van der Waals surface area contributed by atoms with Crippen molar-refractivity contribution in [2.75, 3.05) is 0 Å². The third kappa shape index (κ3) is 2.21. The maximum absolute atomic E-state index is 12.7. The van der Waals surface area contributed by atoms with Crippen molar-refractivity contribution >= 4 is 5.97 Å². The molecule has 0 radical (unpaired) electrons. The summed E-state index contributed by atoms with van der Waals surface area (Å²) in [6, 6.07) is 0. The molecule has 0 aliphatic carbocycles. The highest BCUT2D eigenvalue weighted by molar-refractivity contribution is 5.75. The van der Waals surface area contributed by atoms with Gasteiger partial charge in [-0.2, -0.15) is 8.78 Å². The van der Waals surface area contributed by atoms with Gasteiger partial charge in [0, 0.05) is 12.4 Å². The predicted octanol–water partition coefficient (Wildman–Crippen LogP) is 1.05. The van der Waals surface area contributed by atoms with Crippen LogP contribution in [-0.4, -0.2) is 27.0 Å². The van der Waals surface area contributed by atoms with E-state index in [-0.39, 0.29) is 5.69 Å². The molecule has 1 aromatic rings. The minimum absolute atomic E-state index is 0.0000926. The van der Waals surface area contributed by atoms with Crippen molar-refractivity contribution in [1.82, 2.24) is 9.97 Å². The Bertz CT molecular complexity index is 355. The van der Waals surface area contributed by atoms with Crippen LogP contribution in [0.3, 0.4) is 0 Å². The molecule has 0 aliphatic rings. The minimum atomic E-state index is -3.79. The topological polar surface area (TPSA) is 63.1 Å². The summed E-state index contributed by atoms with van der Waals surface area (Å²) in [7, 11) is 0. The third-order valence-electron chi connectivity index (χ3n) is 1.69. The van der Waals surface area contributed by atoms with E-state index in [0.717, 1.165) is 0 Å². The lowest BCUT2D eigenvalue weighted by molar-refractivity contribution is -0.164. The molecule has 1 rings (SSSR count). The number of aromatic nitrogens is 2. The molecule has 0 fully saturated rings. The smallest absolute Gasteiger partial charge is 0.374 e. The van der Waals surface area contributed by atoms with E-state index in [1.165, 1.54) is 19.3 Å². The molecular formula is C8H8F2N2O2. The number of aliphatic carboxylic acids is 1.